The first-order chi connectivity index (χ1) is 15.1. The van der Waals surface area contributed by atoms with Gasteiger partial charge < -0.3 is 4.74 Å². The number of methoxy groups -OCH3 is 1. The molecule has 0 radical (unpaired) electrons. The van der Waals surface area contributed by atoms with Crippen molar-refractivity contribution in [3.8, 4) is 5.75 Å². The molecule has 0 saturated carbocycles. The van der Waals surface area contributed by atoms with Gasteiger partial charge in [-0.25, -0.2) is 4.98 Å². The summed E-state index contributed by atoms with van der Waals surface area (Å²) in [5.41, 5.74) is 2.01. The Kier molecular flexibility index (Phi) is 5.99. The third kappa shape index (κ3) is 4.44. The highest BCUT2D eigenvalue weighted by molar-refractivity contribution is 7.98. The van der Waals surface area contributed by atoms with Gasteiger partial charge in [0, 0.05) is 17.4 Å². The standard InChI is InChI=1S/C23H19N3O4S/c1-30-18-12-10-16(11-13-18)14-25-22(27)19-7-3-4-8-20(19)24-23(25)31-15-17-6-2-5-9-21(17)26(28)29/h2-13H,14-15H2,1H3. The summed E-state index contributed by atoms with van der Waals surface area (Å²) in [5, 5.41) is 12.4. The SMILES string of the molecule is COc1ccc(Cn2c(SCc3ccccc3[N+](=O)[O-])nc3ccccc3c2=O)cc1. The highest BCUT2D eigenvalue weighted by Gasteiger charge is 2.16. The van der Waals surface area contributed by atoms with Crippen LogP contribution in [0, 0.1) is 10.1 Å². The average molecular weight is 433 g/mol. The van der Waals surface area contributed by atoms with E-state index >= 15 is 0 Å². The molecule has 0 aliphatic heterocycles. The molecule has 31 heavy (non-hydrogen) atoms. The lowest BCUT2D eigenvalue weighted by Crippen LogP contribution is -2.24. The van der Waals surface area contributed by atoms with Crippen molar-refractivity contribution >= 4 is 28.4 Å². The largest absolute Gasteiger partial charge is 0.497 e. The molecule has 0 aliphatic rings. The molecule has 8 heteroatoms. The van der Waals surface area contributed by atoms with Crippen molar-refractivity contribution < 1.29 is 9.66 Å². The molecule has 4 rings (SSSR count). The Hall–Kier alpha value is -3.65. The summed E-state index contributed by atoms with van der Waals surface area (Å²) in [6.07, 6.45) is 0. The second-order valence-corrected chi connectivity index (χ2v) is 7.77. The molecule has 0 unspecified atom stereocenters. The Bertz CT molecular complexity index is 1300. The summed E-state index contributed by atoms with van der Waals surface area (Å²) >= 11 is 1.31. The minimum atomic E-state index is -0.395. The molecule has 0 bridgehead atoms. The number of rotatable bonds is 7. The fraction of sp³-hybridized carbons (Fsp3) is 0.130. The number of para-hydroxylation sites is 2. The van der Waals surface area contributed by atoms with E-state index in [9.17, 15) is 14.9 Å². The van der Waals surface area contributed by atoms with E-state index in [4.69, 9.17) is 4.74 Å². The van der Waals surface area contributed by atoms with Crippen molar-refractivity contribution in [2.24, 2.45) is 0 Å². The first kappa shape index (κ1) is 20.6. The zero-order valence-electron chi connectivity index (χ0n) is 16.7. The number of nitro benzene ring substituents is 1. The molecular weight excluding hydrogens is 414 g/mol. The molecule has 1 heterocycles. The molecule has 7 nitrogen and oxygen atoms in total. The molecule has 156 valence electrons. The molecule has 0 N–H and O–H groups in total. The number of nitro groups is 1. The lowest BCUT2D eigenvalue weighted by Gasteiger charge is -2.14. The Labute approximate surface area is 182 Å². The zero-order chi connectivity index (χ0) is 21.8. The van der Waals surface area contributed by atoms with Crippen LogP contribution in [0.4, 0.5) is 5.69 Å². The predicted molar refractivity (Wildman–Crippen MR) is 121 cm³/mol. The first-order valence-corrected chi connectivity index (χ1v) is 10.5. The third-order valence-corrected chi connectivity index (χ3v) is 5.90. The number of fused-ring (bicyclic) bond motifs is 1. The summed E-state index contributed by atoms with van der Waals surface area (Å²) in [6.45, 7) is 0.333. The van der Waals surface area contributed by atoms with Crippen LogP contribution >= 0.6 is 11.8 Å². The molecular formula is C23H19N3O4S. The topological polar surface area (TPSA) is 87.3 Å². The van der Waals surface area contributed by atoms with Gasteiger partial charge in [0.1, 0.15) is 5.75 Å². The highest BCUT2D eigenvalue weighted by atomic mass is 32.2. The van der Waals surface area contributed by atoms with Crippen LogP contribution in [0.3, 0.4) is 0 Å². The molecule has 0 saturated heterocycles. The van der Waals surface area contributed by atoms with E-state index in [-0.39, 0.29) is 11.2 Å². The zero-order valence-corrected chi connectivity index (χ0v) is 17.5. The van der Waals surface area contributed by atoms with Crippen molar-refractivity contribution in [1.82, 2.24) is 9.55 Å². The second kappa shape index (κ2) is 9.01. The van der Waals surface area contributed by atoms with Crippen LogP contribution in [-0.2, 0) is 12.3 Å². The molecule has 0 amide bonds. The van der Waals surface area contributed by atoms with Crippen molar-refractivity contribution in [3.05, 3.63) is 104 Å². The fourth-order valence-electron chi connectivity index (χ4n) is 3.26. The van der Waals surface area contributed by atoms with Crippen LogP contribution in [0.2, 0.25) is 0 Å². The summed E-state index contributed by atoms with van der Waals surface area (Å²) in [4.78, 5) is 28.9. The highest BCUT2D eigenvalue weighted by Crippen LogP contribution is 2.27. The summed E-state index contributed by atoms with van der Waals surface area (Å²) < 4.78 is 6.82. The quantitative estimate of drug-likeness (QED) is 0.182. The molecule has 0 aliphatic carbocycles. The number of nitrogens with zero attached hydrogens (tertiary/aromatic N) is 3. The van der Waals surface area contributed by atoms with E-state index in [2.05, 4.69) is 4.98 Å². The fourth-order valence-corrected chi connectivity index (χ4v) is 4.26. The number of benzene rings is 3. The number of hydrogen-bond donors (Lipinski definition) is 0. The number of thioether (sulfide) groups is 1. The minimum Gasteiger partial charge on any atom is -0.497 e. The Morgan fingerprint density at radius 1 is 1.03 bits per heavy atom. The van der Waals surface area contributed by atoms with Gasteiger partial charge in [-0.1, -0.05) is 54.2 Å². The average Bonchev–Trinajstić information content (AvgIpc) is 2.80. The van der Waals surface area contributed by atoms with Crippen molar-refractivity contribution in [3.63, 3.8) is 0 Å². The molecule has 3 aromatic carbocycles. The van der Waals surface area contributed by atoms with Gasteiger partial charge in [0.25, 0.3) is 11.2 Å². The summed E-state index contributed by atoms with van der Waals surface area (Å²) in [5.74, 6) is 1.06. The predicted octanol–water partition coefficient (Wildman–Crippen LogP) is 4.65. The molecule has 0 fully saturated rings. The number of ether oxygens (including phenoxy) is 1. The van der Waals surface area contributed by atoms with E-state index in [0.717, 1.165) is 11.3 Å². The normalized spacial score (nSPS) is 10.9. The molecule has 4 aromatic rings. The summed E-state index contributed by atoms with van der Waals surface area (Å²) in [7, 11) is 1.60. The molecule has 0 spiro atoms. The second-order valence-electron chi connectivity index (χ2n) is 6.83. The summed E-state index contributed by atoms with van der Waals surface area (Å²) in [6, 6.07) is 21.3. The number of aromatic nitrogens is 2. The lowest BCUT2D eigenvalue weighted by molar-refractivity contribution is -0.385. The minimum absolute atomic E-state index is 0.0554. The lowest BCUT2D eigenvalue weighted by atomic mass is 10.2. The van der Waals surface area contributed by atoms with Crippen LogP contribution in [0.5, 0.6) is 5.75 Å². The van der Waals surface area contributed by atoms with E-state index in [1.165, 1.54) is 17.8 Å². The van der Waals surface area contributed by atoms with E-state index in [0.29, 0.717) is 33.9 Å². The van der Waals surface area contributed by atoms with Crippen LogP contribution in [0.25, 0.3) is 10.9 Å². The van der Waals surface area contributed by atoms with Gasteiger partial charge in [0.15, 0.2) is 5.16 Å². The van der Waals surface area contributed by atoms with Crippen molar-refractivity contribution in [2.45, 2.75) is 17.5 Å². The molecule has 0 atom stereocenters. The Morgan fingerprint density at radius 2 is 1.74 bits per heavy atom. The van der Waals surface area contributed by atoms with Crippen molar-refractivity contribution in [1.29, 1.82) is 0 Å². The van der Waals surface area contributed by atoms with Gasteiger partial charge in [0.05, 0.1) is 29.5 Å². The maximum absolute atomic E-state index is 13.2. The van der Waals surface area contributed by atoms with Gasteiger partial charge in [0.2, 0.25) is 0 Å². The monoisotopic (exact) mass is 433 g/mol. The van der Waals surface area contributed by atoms with Crippen LogP contribution in [0.1, 0.15) is 11.1 Å². The first-order valence-electron chi connectivity index (χ1n) is 9.54. The van der Waals surface area contributed by atoms with Gasteiger partial charge in [-0.3, -0.25) is 19.5 Å². The van der Waals surface area contributed by atoms with E-state index in [1.807, 2.05) is 36.4 Å². The number of hydrogen-bond acceptors (Lipinski definition) is 6. The Balaban J connectivity index is 1.73. The van der Waals surface area contributed by atoms with Crippen molar-refractivity contribution in [2.75, 3.05) is 7.11 Å². The third-order valence-electron chi connectivity index (χ3n) is 4.87. The van der Waals surface area contributed by atoms with Crippen LogP contribution < -0.4 is 10.3 Å². The van der Waals surface area contributed by atoms with E-state index in [1.54, 1.807) is 42.0 Å². The van der Waals surface area contributed by atoms with E-state index < -0.39 is 4.92 Å². The Morgan fingerprint density at radius 3 is 2.48 bits per heavy atom. The van der Waals surface area contributed by atoms with Gasteiger partial charge >= 0.3 is 0 Å². The maximum Gasteiger partial charge on any atom is 0.273 e. The maximum atomic E-state index is 13.2. The smallest absolute Gasteiger partial charge is 0.273 e. The van der Waals surface area contributed by atoms with Gasteiger partial charge in [-0.05, 0) is 29.8 Å². The van der Waals surface area contributed by atoms with Crippen LogP contribution in [-0.4, -0.2) is 21.6 Å². The van der Waals surface area contributed by atoms with Gasteiger partial charge in [-0.2, -0.15) is 0 Å². The van der Waals surface area contributed by atoms with Gasteiger partial charge in [-0.15, -0.1) is 0 Å². The van der Waals surface area contributed by atoms with Crippen LogP contribution in [0.15, 0.2) is 82.7 Å². The molecule has 1 aromatic heterocycles.